The lowest BCUT2D eigenvalue weighted by Gasteiger charge is -2.21. The molecular formula is C16H15N3O3. The van der Waals surface area contributed by atoms with Crippen LogP contribution in [0.2, 0.25) is 0 Å². The standard InChI is InChI=1S/C16H15N3O3/c17-11-14-7-4-8-18-15(14)19(9-10-20)16(21)22-12-13-5-2-1-3-6-13/h1-8,20H,9-10,12H2. The van der Waals surface area contributed by atoms with Crippen molar-refractivity contribution in [3.63, 3.8) is 0 Å². The van der Waals surface area contributed by atoms with Crippen molar-refractivity contribution in [2.75, 3.05) is 18.1 Å². The average molecular weight is 297 g/mol. The second-order valence-corrected chi connectivity index (χ2v) is 4.40. The number of carbonyl (C=O) groups is 1. The van der Waals surface area contributed by atoms with E-state index in [-0.39, 0.29) is 31.1 Å². The molecule has 0 atom stereocenters. The van der Waals surface area contributed by atoms with E-state index in [9.17, 15) is 4.79 Å². The van der Waals surface area contributed by atoms with Crippen molar-refractivity contribution >= 4 is 11.9 Å². The van der Waals surface area contributed by atoms with Gasteiger partial charge in [0, 0.05) is 6.20 Å². The van der Waals surface area contributed by atoms with Gasteiger partial charge in [0.25, 0.3) is 0 Å². The number of benzene rings is 1. The lowest BCUT2D eigenvalue weighted by atomic mass is 10.2. The number of nitriles is 1. The van der Waals surface area contributed by atoms with Crippen molar-refractivity contribution in [3.8, 4) is 6.07 Å². The van der Waals surface area contributed by atoms with E-state index in [1.165, 1.54) is 6.20 Å². The molecule has 0 saturated heterocycles. The summed E-state index contributed by atoms with van der Waals surface area (Å²) >= 11 is 0. The van der Waals surface area contributed by atoms with Crippen molar-refractivity contribution in [1.82, 2.24) is 4.98 Å². The first-order valence-corrected chi connectivity index (χ1v) is 6.70. The number of hydrogen-bond donors (Lipinski definition) is 1. The van der Waals surface area contributed by atoms with Gasteiger partial charge in [0.1, 0.15) is 12.7 Å². The zero-order valence-electron chi connectivity index (χ0n) is 11.8. The lowest BCUT2D eigenvalue weighted by molar-refractivity contribution is 0.145. The maximum Gasteiger partial charge on any atom is 0.415 e. The Morgan fingerprint density at radius 2 is 2.05 bits per heavy atom. The van der Waals surface area contributed by atoms with Crippen molar-refractivity contribution in [2.45, 2.75) is 6.61 Å². The molecule has 1 aromatic carbocycles. The summed E-state index contributed by atoms with van der Waals surface area (Å²) in [5.41, 5.74) is 1.09. The number of pyridine rings is 1. The van der Waals surface area contributed by atoms with Gasteiger partial charge in [-0.1, -0.05) is 30.3 Å². The summed E-state index contributed by atoms with van der Waals surface area (Å²) < 4.78 is 5.22. The van der Waals surface area contributed by atoms with Crippen LogP contribution in [0, 0.1) is 11.3 Å². The first-order valence-electron chi connectivity index (χ1n) is 6.70. The smallest absolute Gasteiger partial charge is 0.415 e. The fourth-order valence-corrected chi connectivity index (χ4v) is 1.88. The van der Waals surface area contributed by atoms with E-state index >= 15 is 0 Å². The predicted molar refractivity (Wildman–Crippen MR) is 80.0 cm³/mol. The molecule has 0 aliphatic heterocycles. The van der Waals surface area contributed by atoms with Crippen LogP contribution in [-0.2, 0) is 11.3 Å². The summed E-state index contributed by atoms with van der Waals surface area (Å²) in [5, 5.41) is 18.2. The number of amides is 1. The third kappa shape index (κ3) is 3.81. The fraction of sp³-hybridized carbons (Fsp3) is 0.188. The topological polar surface area (TPSA) is 86.5 Å². The molecule has 6 nitrogen and oxygen atoms in total. The molecule has 1 N–H and O–H groups in total. The Morgan fingerprint density at radius 1 is 1.27 bits per heavy atom. The summed E-state index contributed by atoms with van der Waals surface area (Å²) in [6.45, 7) is -0.155. The first-order chi connectivity index (χ1) is 10.8. The Balaban J connectivity index is 2.13. The Morgan fingerprint density at radius 3 is 2.73 bits per heavy atom. The van der Waals surface area contributed by atoms with Gasteiger partial charge in [-0.3, -0.25) is 4.90 Å². The van der Waals surface area contributed by atoms with Gasteiger partial charge < -0.3 is 9.84 Å². The van der Waals surface area contributed by atoms with E-state index in [0.29, 0.717) is 0 Å². The van der Waals surface area contributed by atoms with Crippen molar-refractivity contribution < 1.29 is 14.6 Å². The first kappa shape index (κ1) is 15.5. The summed E-state index contributed by atoms with van der Waals surface area (Å²) in [7, 11) is 0. The number of carbonyl (C=O) groups excluding carboxylic acids is 1. The zero-order chi connectivity index (χ0) is 15.8. The third-order valence-corrected chi connectivity index (χ3v) is 2.91. The maximum atomic E-state index is 12.2. The summed E-state index contributed by atoms with van der Waals surface area (Å²) in [6.07, 6.45) is 0.818. The van der Waals surface area contributed by atoms with Gasteiger partial charge in [-0.15, -0.1) is 0 Å². The molecule has 0 bridgehead atoms. The molecule has 22 heavy (non-hydrogen) atoms. The van der Waals surface area contributed by atoms with Gasteiger partial charge >= 0.3 is 6.09 Å². The van der Waals surface area contributed by atoms with Gasteiger partial charge in [-0.05, 0) is 17.7 Å². The molecule has 1 amide bonds. The van der Waals surface area contributed by atoms with E-state index in [0.717, 1.165) is 10.5 Å². The second kappa shape index (κ2) is 7.76. The molecule has 0 spiro atoms. The molecule has 1 heterocycles. The largest absolute Gasteiger partial charge is 0.444 e. The van der Waals surface area contributed by atoms with Crippen LogP contribution in [0.1, 0.15) is 11.1 Å². The van der Waals surface area contributed by atoms with Gasteiger partial charge in [-0.25, -0.2) is 9.78 Å². The predicted octanol–water partition coefficient (Wildman–Crippen LogP) is 2.09. The third-order valence-electron chi connectivity index (χ3n) is 2.91. The second-order valence-electron chi connectivity index (χ2n) is 4.40. The van der Waals surface area contributed by atoms with Gasteiger partial charge in [-0.2, -0.15) is 5.26 Å². The normalized spacial score (nSPS) is 9.82. The number of hydrogen-bond acceptors (Lipinski definition) is 5. The monoisotopic (exact) mass is 297 g/mol. The quantitative estimate of drug-likeness (QED) is 0.913. The number of rotatable bonds is 5. The summed E-state index contributed by atoms with van der Waals surface area (Å²) in [4.78, 5) is 17.4. The SMILES string of the molecule is N#Cc1cccnc1N(CCO)C(=O)OCc1ccccc1. The molecule has 6 heteroatoms. The molecule has 0 aliphatic rings. The number of aliphatic hydroxyl groups is 1. The van der Waals surface area contributed by atoms with E-state index in [2.05, 4.69) is 4.98 Å². The van der Waals surface area contributed by atoms with Crippen LogP contribution < -0.4 is 4.90 Å². The highest BCUT2D eigenvalue weighted by Crippen LogP contribution is 2.17. The number of ether oxygens (including phenoxy) is 1. The molecule has 0 radical (unpaired) electrons. The van der Waals surface area contributed by atoms with E-state index in [4.69, 9.17) is 15.1 Å². The zero-order valence-corrected chi connectivity index (χ0v) is 11.8. The number of aromatic nitrogens is 1. The molecular weight excluding hydrogens is 282 g/mol. The fourth-order valence-electron chi connectivity index (χ4n) is 1.88. The molecule has 1 aromatic heterocycles. The van der Waals surface area contributed by atoms with Crippen LogP contribution in [0.4, 0.5) is 10.6 Å². The maximum absolute atomic E-state index is 12.2. The average Bonchev–Trinajstić information content (AvgIpc) is 2.58. The van der Waals surface area contributed by atoms with Gasteiger partial charge in [0.05, 0.1) is 18.7 Å². The van der Waals surface area contributed by atoms with Crippen LogP contribution in [0.15, 0.2) is 48.7 Å². The van der Waals surface area contributed by atoms with Crippen LogP contribution in [0.25, 0.3) is 0 Å². The Hall–Kier alpha value is -2.91. The van der Waals surface area contributed by atoms with Crippen molar-refractivity contribution in [3.05, 3.63) is 59.8 Å². The number of nitrogens with zero attached hydrogens (tertiary/aromatic N) is 3. The van der Waals surface area contributed by atoms with E-state index in [1.54, 1.807) is 12.1 Å². The Kier molecular flexibility index (Phi) is 5.46. The van der Waals surface area contributed by atoms with Crippen molar-refractivity contribution in [2.24, 2.45) is 0 Å². The summed E-state index contributed by atoms with van der Waals surface area (Å²) in [6, 6.07) is 14.4. The molecule has 0 unspecified atom stereocenters. The Labute approximate surface area is 128 Å². The molecule has 0 saturated carbocycles. The highest BCUT2D eigenvalue weighted by molar-refractivity contribution is 5.87. The van der Waals surface area contributed by atoms with Gasteiger partial charge in [0.15, 0.2) is 5.82 Å². The van der Waals surface area contributed by atoms with Crippen LogP contribution in [0.5, 0.6) is 0 Å². The molecule has 0 fully saturated rings. The highest BCUT2D eigenvalue weighted by atomic mass is 16.6. The van der Waals surface area contributed by atoms with E-state index in [1.807, 2.05) is 36.4 Å². The molecule has 112 valence electrons. The van der Waals surface area contributed by atoms with Crippen LogP contribution >= 0.6 is 0 Å². The minimum atomic E-state index is -0.659. The minimum Gasteiger partial charge on any atom is -0.444 e. The van der Waals surface area contributed by atoms with Gasteiger partial charge in [0.2, 0.25) is 0 Å². The molecule has 2 rings (SSSR count). The molecule has 2 aromatic rings. The van der Waals surface area contributed by atoms with Crippen LogP contribution in [0.3, 0.4) is 0 Å². The number of anilines is 1. The van der Waals surface area contributed by atoms with Crippen LogP contribution in [-0.4, -0.2) is 29.3 Å². The lowest BCUT2D eigenvalue weighted by Crippen LogP contribution is -2.35. The summed E-state index contributed by atoms with van der Waals surface area (Å²) in [5.74, 6) is 0.178. The Bertz CT molecular complexity index is 668. The number of aliphatic hydroxyl groups excluding tert-OH is 1. The minimum absolute atomic E-state index is 0.000678. The highest BCUT2D eigenvalue weighted by Gasteiger charge is 2.21. The van der Waals surface area contributed by atoms with Crippen molar-refractivity contribution in [1.29, 1.82) is 5.26 Å². The van der Waals surface area contributed by atoms with E-state index < -0.39 is 6.09 Å². The molecule has 0 aliphatic carbocycles.